The molecule has 134 valence electrons. The summed E-state index contributed by atoms with van der Waals surface area (Å²) in [5, 5.41) is 0. The molecule has 0 spiro atoms. The zero-order chi connectivity index (χ0) is 18.3. The van der Waals surface area contributed by atoms with Crippen LogP contribution < -0.4 is 23.0 Å². The van der Waals surface area contributed by atoms with Crippen molar-refractivity contribution in [2.75, 3.05) is 0 Å². The molecule has 1 aromatic rings. The fourth-order valence-electron chi connectivity index (χ4n) is 1.25. The minimum Gasteiger partial charge on any atom is -1.00 e. The summed E-state index contributed by atoms with van der Waals surface area (Å²) in [5.74, 6) is -4.20. The molecule has 0 aromatic heterocycles. The maximum Gasteiger partial charge on any atom is 1.00 e. The van der Waals surface area contributed by atoms with E-state index in [1.165, 1.54) is 0 Å². The third-order valence-corrected chi connectivity index (χ3v) is 7.08. The Morgan fingerprint density at radius 2 is 1.33 bits per heavy atom. The molecular weight excluding hydrogens is 404 g/mol. The Morgan fingerprint density at radius 1 is 0.917 bits per heavy atom. The van der Waals surface area contributed by atoms with Gasteiger partial charge in [0.25, 0.3) is 29.9 Å². The summed E-state index contributed by atoms with van der Waals surface area (Å²) in [6, 6.07) is 2.08. The van der Waals surface area contributed by atoms with Crippen LogP contribution in [0.4, 0.5) is 22.0 Å². The van der Waals surface area contributed by atoms with Gasteiger partial charge in [-0.2, -0.15) is 22.0 Å². The number of alkyl halides is 5. The van der Waals surface area contributed by atoms with Gasteiger partial charge in [-0.1, -0.05) is 16.3 Å². The molecular formula is C8H7F5LiNO6S3. The Morgan fingerprint density at radius 3 is 1.71 bits per heavy atom. The molecule has 0 radical (unpaired) electrons. The Kier molecular flexibility index (Phi) is 7.04. The first kappa shape index (κ1) is 23.3. The first-order valence-electron chi connectivity index (χ1n) is 5.09. The van der Waals surface area contributed by atoms with Gasteiger partial charge in [-0.15, -0.1) is 0 Å². The summed E-state index contributed by atoms with van der Waals surface area (Å²) in [5.41, 5.74) is -5.89. The number of hydrogen-bond donors (Lipinski definition) is 1. The Balaban J connectivity index is 0. The van der Waals surface area contributed by atoms with Crippen LogP contribution in [0.3, 0.4) is 0 Å². The Bertz CT molecular complexity index is 916. The Labute approximate surface area is 146 Å². The van der Waals surface area contributed by atoms with E-state index in [2.05, 4.69) is 0 Å². The third-order valence-electron chi connectivity index (χ3n) is 2.19. The summed E-state index contributed by atoms with van der Waals surface area (Å²) in [7, 11) is -17.5. The molecule has 0 bridgehead atoms. The number of nitrogens with one attached hydrogen (secondary N) is 1. The van der Waals surface area contributed by atoms with E-state index >= 15 is 0 Å². The second-order valence-corrected chi connectivity index (χ2v) is 9.26. The first-order valence-corrected chi connectivity index (χ1v) is 9.60. The van der Waals surface area contributed by atoms with E-state index in [1.54, 1.807) is 0 Å². The SMILES string of the molecule is O=S(=O)(NS(=O)(=O)C(F)F)c1ccccc1S(=O)(=O)C(F)(F)F.[H-].[Li+]. The molecule has 0 heterocycles. The van der Waals surface area contributed by atoms with Gasteiger partial charge in [0, 0.05) is 0 Å². The van der Waals surface area contributed by atoms with E-state index in [0.29, 0.717) is 10.2 Å². The van der Waals surface area contributed by atoms with Crippen LogP contribution in [-0.2, 0) is 29.9 Å². The fraction of sp³-hybridized carbons (Fsp3) is 0.250. The molecule has 0 aliphatic rings. The van der Waals surface area contributed by atoms with Crippen molar-refractivity contribution in [3.05, 3.63) is 24.3 Å². The smallest absolute Gasteiger partial charge is 1.00 e. The van der Waals surface area contributed by atoms with Gasteiger partial charge in [-0.3, -0.25) is 0 Å². The van der Waals surface area contributed by atoms with Crippen LogP contribution in [0.5, 0.6) is 0 Å². The van der Waals surface area contributed by atoms with Gasteiger partial charge >= 0.3 is 30.1 Å². The van der Waals surface area contributed by atoms with Crippen LogP contribution in [0.25, 0.3) is 0 Å². The predicted molar refractivity (Wildman–Crippen MR) is 66.0 cm³/mol. The quantitative estimate of drug-likeness (QED) is 0.440. The standard InChI is InChI=1S/C8H6F5NO6S3.Li.H/c9-7(10)23(19,20)14-22(17,18)6-4-2-1-3-5(6)21(15,16)8(11,12)13;;/h1-4,7,14H;;/q;+1;-1. The molecule has 0 fully saturated rings. The number of sulfone groups is 1. The zero-order valence-electron chi connectivity index (χ0n) is 12.5. The van der Waals surface area contributed by atoms with Crippen LogP contribution in [0.1, 0.15) is 1.43 Å². The molecule has 1 N–H and O–H groups in total. The zero-order valence-corrected chi connectivity index (χ0v) is 13.9. The average Bonchev–Trinajstić information content (AvgIpc) is 2.36. The first-order chi connectivity index (χ1) is 10.1. The van der Waals surface area contributed by atoms with Crippen LogP contribution in [-0.4, -0.2) is 36.5 Å². The minimum absolute atomic E-state index is 0. The van der Waals surface area contributed by atoms with Crippen molar-refractivity contribution in [1.29, 1.82) is 0 Å². The van der Waals surface area contributed by atoms with Crippen molar-refractivity contribution in [2.24, 2.45) is 0 Å². The topological polar surface area (TPSA) is 114 Å². The molecule has 0 amide bonds. The number of rotatable bonds is 5. The van der Waals surface area contributed by atoms with Crippen molar-refractivity contribution in [2.45, 2.75) is 21.1 Å². The predicted octanol–water partition coefficient (Wildman–Crippen LogP) is -2.07. The molecule has 0 aliphatic carbocycles. The molecule has 16 heteroatoms. The van der Waals surface area contributed by atoms with Gasteiger partial charge in [-0.05, 0) is 12.1 Å². The minimum atomic E-state index is -6.17. The van der Waals surface area contributed by atoms with Gasteiger partial charge in [0.05, 0.1) is 4.90 Å². The van der Waals surface area contributed by atoms with Crippen LogP contribution in [0, 0.1) is 0 Å². The summed E-state index contributed by atoms with van der Waals surface area (Å²) in [4.78, 5) is -3.44. The molecule has 1 rings (SSSR count). The number of halogens is 5. The molecule has 0 aliphatic heterocycles. The second-order valence-electron chi connectivity index (χ2n) is 3.79. The van der Waals surface area contributed by atoms with Crippen molar-refractivity contribution in [3.63, 3.8) is 0 Å². The molecule has 0 unspecified atom stereocenters. The Hall–Kier alpha value is -0.723. The van der Waals surface area contributed by atoms with Crippen molar-refractivity contribution < 1.29 is 67.5 Å². The van der Waals surface area contributed by atoms with Gasteiger partial charge in [0.2, 0.25) is 0 Å². The monoisotopic (exact) mass is 411 g/mol. The van der Waals surface area contributed by atoms with E-state index < -0.39 is 50.9 Å². The number of hydrogen-bond acceptors (Lipinski definition) is 6. The van der Waals surface area contributed by atoms with Crippen LogP contribution in [0.15, 0.2) is 34.1 Å². The molecule has 1 aromatic carbocycles. The van der Waals surface area contributed by atoms with E-state index in [-0.39, 0.29) is 26.4 Å². The fourth-order valence-corrected chi connectivity index (χ4v) is 5.22. The molecule has 0 saturated carbocycles. The van der Waals surface area contributed by atoms with Crippen molar-refractivity contribution >= 4 is 29.9 Å². The largest absolute Gasteiger partial charge is 1.00 e. The molecule has 0 atom stereocenters. The maximum absolute atomic E-state index is 12.5. The van der Waals surface area contributed by atoms with Crippen molar-refractivity contribution in [1.82, 2.24) is 4.13 Å². The molecule has 0 saturated heterocycles. The van der Waals surface area contributed by atoms with Gasteiger partial charge in [0.15, 0.2) is 0 Å². The number of sulfonamides is 2. The van der Waals surface area contributed by atoms with Crippen LogP contribution in [0.2, 0.25) is 0 Å². The van der Waals surface area contributed by atoms with Gasteiger partial charge in [0.1, 0.15) is 4.90 Å². The summed E-state index contributed by atoms with van der Waals surface area (Å²) >= 11 is 0. The summed E-state index contributed by atoms with van der Waals surface area (Å²) in [6.45, 7) is 0. The maximum atomic E-state index is 12.5. The summed E-state index contributed by atoms with van der Waals surface area (Å²) < 4.78 is 130. The van der Waals surface area contributed by atoms with Gasteiger partial charge < -0.3 is 1.43 Å². The molecule has 24 heavy (non-hydrogen) atoms. The average molecular weight is 411 g/mol. The van der Waals surface area contributed by atoms with E-state index in [0.717, 1.165) is 12.1 Å². The van der Waals surface area contributed by atoms with E-state index in [9.17, 15) is 47.2 Å². The van der Waals surface area contributed by atoms with Gasteiger partial charge in [-0.25, -0.2) is 25.3 Å². The molecule has 7 nitrogen and oxygen atoms in total. The second kappa shape index (κ2) is 7.26. The van der Waals surface area contributed by atoms with E-state index in [4.69, 9.17) is 0 Å². The van der Waals surface area contributed by atoms with E-state index in [1.807, 2.05) is 0 Å². The van der Waals surface area contributed by atoms with Crippen LogP contribution >= 0.6 is 0 Å². The normalized spacial score (nSPS) is 13.6. The number of benzene rings is 1. The summed E-state index contributed by atoms with van der Waals surface area (Å²) in [6.07, 6.45) is 0. The third kappa shape index (κ3) is 4.67. The van der Waals surface area contributed by atoms with Crippen molar-refractivity contribution in [3.8, 4) is 0 Å².